The van der Waals surface area contributed by atoms with Crippen LogP contribution in [0.25, 0.3) is 0 Å². The normalized spacial score (nSPS) is 54.1. The molecule has 5 aliphatic carbocycles. The molecule has 0 spiro atoms. The molecule has 0 unspecified atom stereocenters. The lowest BCUT2D eigenvalue weighted by Crippen LogP contribution is -2.67. The lowest BCUT2D eigenvalue weighted by atomic mass is 9.33. The number of fused-ring (bicyclic) bond motifs is 7. The third kappa shape index (κ3) is 6.39. The standard InChI is InChI=1S/C43H70O13/c1-38(2)25-11-14-43(7)26(10-9-22-23-19-39(3,21-45)15-16-40(23,4)17-18-42(22,43)6)41(25,5)13-12-27(38)54-37-34(30(48)28(46)24(20-44)53-37)56-36-32(50)29(47)31(49)33(55-36)35(51)52-8/h9,23-34,36-37,44-50H,10-21H2,1-8H3/t23-,24+,25-,26+,27-,28+,29-,30-,31-,32+,33-,34+,36-,37-,39-,40+,41-,42+,43+/m0/s1. The summed E-state index contributed by atoms with van der Waals surface area (Å²) in [5, 5.41) is 74.6. The minimum Gasteiger partial charge on any atom is -0.467 e. The summed E-state index contributed by atoms with van der Waals surface area (Å²) in [6.07, 6.45) is -3.56. The molecule has 2 saturated heterocycles. The highest BCUT2D eigenvalue weighted by molar-refractivity contribution is 5.75. The molecule has 0 aromatic carbocycles. The van der Waals surface area contributed by atoms with E-state index in [1.165, 1.54) is 12.8 Å². The Morgan fingerprint density at radius 1 is 0.768 bits per heavy atom. The molecule has 7 rings (SSSR count). The number of carbonyl (C=O) groups excluding carboxylic acids is 1. The Morgan fingerprint density at radius 3 is 2.12 bits per heavy atom. The molecular weight excluding hydrogens is 724 g/mol. The molecule has 19 atom stereocenters. The number of rotatable bonds is 7. The van der Waals surface area contributed by atoms with E-state index >= 15 is 0 Å². The van der Waals surface area contributed by atoms with Crippen LogP contribution in [0.1, 0.15) is 113 Å². The molecule has 4 saturated carbocycles. The number of aliphatic hydroxyl groups is 7. The van der Waals surface area contributed by atoms with Crippen LogP contribution < -0.4 is 0 Å². The Balaban J connectivity index is 1.14. The van der Waals surface area contributed by atoms with Crippen LogP contribution in [-0.2, 0) is 28.5 Å². The van der Waals surface area contributed by atoms with Crippen molar-refractivity contribution in [3.63, 3.8) is 0 Å². The summed E-state index contributed by atoms with van der Waals surface area (Å²) < 4.78 is 29.2. The Bertz CT molecular complexity index is 1510. The van der Waals surface area contributed by atoms with Gasteiger partial charge in [-0.25, -0.2) is 4.79 Å². The summed E-state index contributed by atoms with van der Waals surface area (Å²) in [6.45, 7) is 16.5. The van der Waals surface area contributed by atoms with Crippen molar-refractivity contribution in [3.05, 3.63) is 11.6 Å². The van der Waals surface area contributed by atoms with E-state index in [1.807, 2.05) is 0 Å². The van der Waals surface area contributed by atoms with Crippen molar-refractivity contribution in [1.82, 2.24) is 0 Å². The van der Waals surface area contributed by atoms with E-state index in [1.54, 1.807) is 5.57 Å². The maximum atomic E-state index is 12.4. The van der Waals surface area contributed by atoms with Crippen molar-refractivity contribution in [2.24, 2.45) is 50.2 Å². The van der Waals surface area contributed by atoms with Gasteiger partial charge in [-0.1, -0.05) is 60.1 Å². The maximum absolute atomic E-state index is 12.4. The number of ether oxygens (including phenoxy) is 5. The average molecular weight is 795 g/mol. The van der Waals surface area contributed by atoms with E-state index in [-0.39, 0.29) is 51.1 Å². The van der Waals surface area contributed by atoms with Gasteiger partial charge < -0.3 is 59.4 Å². The summed E-state index contributed by atoms with van der Waals surface area (Å²) in [4.78, 5) is 12.4. The molecule has 0 radical (unpaired) electrons. The average Bonchev–Trinajstić information content (AvgIpc) is 3.16. The van der Waals surface area contributed by atoms with Crippen molar-refractivity contribution in [2.45, 2.75) is 180 Å². The Hall–Kier alpha value is -1.23. The molecule has 0 aromatic rings. The molecule has 13 nitrogen and oxygen atoms in total. The van der Waals surface area contributed by atoms with Gasteiger partial charge in [0.05, 0.1) is 19.8 Å². The van der Waals surface area contributed by atoms with Crippen LogP contribution >= 0.6 is 0 Å². The zero-order valence-corrected chi connectivity index (χ0v) is 34.7. The predicted octanol–water partition coefficient (Wildman–Crippen LogP) is 2.97. The molecule has 0 bridgehead atoms. The number of hydrogen-bond acceptors (Lipinski definition) is 13. The molecule has 7 N–H and O–H groups in total. The van der Waals surface area contributed by atoms with Crippen LogP contribution in [0.2, 0.25) is 0 Å². The van der Waals surface area contributed by atoms with Crippen LogP contribution in [0.15, 0.2) is 11.6 Å². The van der Waals surface area contributed by atoms with Crippen molar-refractivity contribution in [1.29, 1.82) is 0 Å². The van der Waals surface area contributed by atoms with Gasteiger partial charge in [0.2, 0.25) is 0 Å². The van der Waals surface area contributed by atoms with E-state index in [9.17, 15) is 40.5 Å². The molecule has 2 heterocycles. The highest BCUT2D eigenvalue weighted by Crippen LogP contribution is 2.76. The SMILES string of the molecule is COC(=O)[C@H]1O[C@@H](O[C@H]2[C@H](O[C@H]3CC[C@]4(C)[C@H]5CC=C6[C@@H]7C[C@@](C)(CO)CC[C@]7(C)CC[C@@]6(C)[C@]5(C)CC[C@H]4C3(C)C)O[C@H](CO)[C@@H](O)[C@@H]2O)[C@H](O)[C@@H](O)[C@@H]1O. The smallest absolute Gasteiger partial charge is 0.337 e. The van der Waals surface area contributed by atoms with Crippen LogP contribution in [-0.4, -0.2) is 130 Å². The monoisotopic (exact) mass is 794 g/mol. The van der Waals surface area contributed by atoms with Crippen molar-refractivity contribution >= 4 is 5.97 Å². The molecular formula is C43H70O13. The van der Waals surface area contributed by atoms with Crippen molar-refractivity contribution in [2.75, 3.05) is 20.3 Å². The van der Waals surface area contributed by atoms with Crippen molar-refractivity contribution in [3.8, 4) is 0 Å². The van der Waals surface area contributed by atoms with Gasteiger partial charge in [0.15, 0.2) is 18.7 Å². The third-order valence-corrected chi connectivity index (χ3v) is 17.7. The Labute approximate surface area is 332 Å². The largest absolute Gasteiger partial charge is 0.467 e. The summed E-state index contributed by atoms with van der Waals surface area (Å²) >= 11 is 0. The lowest BCUT2D eigenvalue weighted by molar-refractivity contribution is -0.375. The molecule has 320 valence electrons. The quantitative estimate of drug-likeness (QED) is 0.113. The third-order valence-electron chi connectivity index (χ3n) is 17.7. The number of esters is 1. The van der Waals surface area contributed by atoms with E-state index in [4.69, 9.17) is 23.7 Å². The van der Waals surface area contributed by atoms with E-state index in [2.05, 4.69) is 54.5 Å². The van der Waals surface area contributed by atoms with Gasteiger partial charge in [0, 0.05) is 6.61 Å². The Morgan fingerprint density at radius 2 is 1.46 bits per heavy atom. The highest BCUT2D eigenvalue weighted by Gasteiger charge is 2.68. The van der Waals surface area contributed by atoms with Crippen LogP contribution in [0.5, 0.6) is 0 Å². The summed E-state index contributed by atoms with van der Waals surface area (Å²) in [5.41, 5.74) is 1.67. The molecule has 7 aliphatic rings. The summed E-state index contributed by atoms with van der Waals surface area (Å²) in [6, 6.07) is 0. The van der Waals surface area contributed by atoms with Gasteiger partial charge in [-0.05, 0) is 114 Å². The molecule has 0 aromatic heterocycles. The summed E-state index contributed by atoms with van der Waals surface area (Å²) in [5.74, 6) is 0.213. The molecule has 0 amide bonds. The highest BCUT2D eigenvalue weighted by atomic mass is 16.8. The maximum Gasteiger partial charge on any atom is 0.337 e. The second-order valence-corrected chi connectivity index (χ2v) is 20.9. The number of methoxy groups -OCH3 is 1. The van der Waals surface area contributed by atoms with Gasteiger partial charge in [0.1, 0.15) is 42.7 Å². The number of aliphatic hydroxyl groups excluding tert-OH is 7. The minimum atomic E-state index is -1.85. The fourth-order valence-corrected chi connectivity index (χ4v) is 13.7. The van der Waals surface area contributed by atoms with Crippen LogP contribution in [0, 0.1) is 50.2 Å². The Kier molecular flexibility index (Phi) is 11.3. The van der Waals surface area contributed by atoms with Crippen LogP contribution in [0.3, 0.4) is 0 Å². The fraction of sp³-hybridized carbons (Fsp3) is 0.930. The molecule has 2 aliphatic heterocycles. The fourth-order valence-electron chi connectivity index (χ4n) is 13.7. The van der Waals surface area contributed by atoms with E-state index in [0.29, 0.717) is 18.3 Å². The van der Waals surface area contributed by atoms with Gasteiger partial charge in [-0.2, -0.15) is 0 Å². The second-order valence-electron chi connectivity index (χ2n) is 20.9. The number of hydrogen-bond donors (Lipinski definition) is 7. The molecule has 6 fully saturated rings. The zero-order chi connectivity index (χ0) is 41.0. The topological polar surface area (TPSA) is 205 Å². The first-order chi connectivity index (χ1) is 26.1. The van der Waals surface area contributed by atoms with Gasteiger partial charge in [-0.15, -0.1) is 0 Å². The number of carbonyl (C=O) groups is 1. The predicted molar refractivity (Wildman–Crippen MR) is 202 cm³/mol. The minimum absolute atomic E-state index is 0.000906. The van der Waals surface area contributed by atoms with Gasteiger partial charge in [-0.3, -0.25) is 0 Å². The van der Waals surface area contributed by atoms with Gasteiger partial charge in [0.25, 0.3) is 0 Å². The zero-order valence-electron chi connectivity index (χ0n) is 34.7. The van der Waals surface area contributed by atoms with Crippen LogP contribution in [0.4, 0.5) is 0 Å². The van der Waals surface area contributed by atoms with Crippen molar-refractivity contribution < 1.29 is 64.2 Å². The number of allylic oxidation sites excluding steroid dienone is 2. The van der Waals surface area contributed by atoms with E-state index in [0.717, 1.165) is 52.1 Å². The van der Waals surface area contributed by atoms with Gasteiger partial charge >= 0.3 is 5.97 Å². The first kappa shape index (κ1) is 42.9. The lowest BCUT2D eigenvalue weighted by Gasteiger charge is -2.71. The summed E-state index contributed by atoms with van der Waals surface area (Å²) in [7, 11) is 1.08. The first-order valence-electron chi connectivity index (χ1n) is 21.2. The second kappa shape index (κ2) is 14.7. The molecule has 56 heavy (non-hydrogen) atoms. The van der Waals surface area contributed by atoms with E-state index < -0.39 is 74.0 Å². The molecule has 13 heteroatoms. The first-order valence-corrected chi connectivity index (χ1v) is 21.2.